The fraction of sp³-hybridized carbons (Fsp3) is 0.280. The number of nitrogens with zero attached hydrogens (tertiary/aromatic N) is 3. The molecule has 2 aromatic heterocycles. The molecule has 1 aliphatic heterocycles. The van der Waals surface area contributed by atoms with Gasteiger partial charge in [0.25, 0.3) is 11.5 Å². The first-order valence-electron chi connectivity index (χ1n) is 11.1. The summed E-state index contributed by atoms with van der Waals surface area (Å²) in [6.45, 7) is 5.96. The molecule has 1 aromatic carbocycles. The standard InChI is InChI=1S/C25H26N4O3S2/c1-4-16(3)29-24(32)20(34-25(29)33)13-18-21(26-14-19(30)17-10-6-5-7-11-17)27-22-15(2)9-8-12-28(22)23(18)31/h5-13,16,19,26,30H,4,14H2,1-3H3/b20-13-. The van der Waals surface area contributed by atoms with Crippen LogP contribution in [-0.4, -0.2) is 42.2 Å². The molecule has 1 saturated heterocycles. The Balaban J connectivity index is 1.77. The third kappa shape index (κ3) is 4.64. The monoisotopic (exact) mass is 494 g/mol. The smallest absolute Gasteiger partial charge is 0.267 e. The lowest BCUT2D eigenvalue weighted by Gasteiger charge is -2.21. The minimum Gasteiger partial charge on any atom is -0.387 e. The Hall–Kier alpha value is -3.01. The van der Waals surface area contributed by atoms with E-state index in [9.17, 15) is 14.7 Å². The zero-order valence-electron chi connectivity index (χ0n) is 19.2. The third-order valence-corrected chi connectivity index (χ3v) is 7.19. The lowest BCUT2D eigenvalue weighted by Crippen LogP contribution is -2.36. The number of aliphatic hydroxyl groups excluding tert-OH is 1. The van der Waals surface area contributed by atoms with Crippen LogP contribution in [0, 0.1) is 6.92 Å². The summed E-state index contributed by atoms with van der Waals surface area (Å²) >= 11 is 6.62. The molecule has 0 spiro atoms. The maximum absolute atomic E-state index is 13.5. The summed E-state index contributed by atoms with van der Waals surface area (Å²) in [5.41, 5.74) is 2.03. The number of pyridine rings is 1. The van der Waals surface area contributed by atoms with E-state index in [1.807, 2.05) is 57.2 Å². The lowest BCUT2D eigenvalue weighted by atomic mass is 10.1. The Kier molecular flexibility index (Phi) is 7.16. The third-order valence-electron chi connectivity index (χ3n) is 5.86. The number of carbonyl (C=O) groups is 1. The summed E-state index contributed by atoms with van der Waals surface area (Å²) in [4.78, 5) is 33.2. The highest BCUT2D eigenvalue weighted by Crippen LogP contribution is 2.35. The van der Waals surface area contributed by atoms with Crippen molar-refractivity contribution in [2.24, 2.45) is 0 Å². The van der Waals surface area contributed by atoms with E-state index in [0.29, 0.717) is 20.7 Å². The molecule has 1 fully saturated rings. The molecule has 0 bridgehead atoms. The van der Waals surface area contributed by atoms with Crippen molar-refractivity contribution < 1.29 is 9.90 Å². The van der Waals surface area contributed by atoms with Crippen molar-refractivity contribution in [3.8, 4) is 0 Å². The largest absolute Gasteiger partial charge is 0.387 e. The number of hydrogen-bond donors (Lipinski definition) is 2. The molecule has 3 heterocycles. The van der Waals surface area contributed by atoms with Gasteiger partial charge in [0.2, 0.25) is 0 Å². The second kappa shape index (κ2) is 10.1. The van der Waals surface area contributed by atoms with Crippen LogP contribution in [0.15, 0.2) is 58.4 Å². The molecule has 176 valence electrons. The number of aliphatic hydroxyl groups is 1. The van der Waals surface area contributed by atoms with Gasteiger partial charge in [0.1, 0.15) is 15.8 Å². The van der Waals surface area contributed by atoms with Crippen LogP contribution in [0.5, 0.6) is 0 Å². The van der Waals surface area contributed by atoms with Gasteiger partial charge in [0, 0.05) is 18.8 Å². The van der Waals surface area contributed by atoms with Gasteiger partial charge in [0.05, 0.1) is 16.6 Å². The van der Waals surface area contributed by atoms with E-state index in [2.05, 4.69) is 10.3 Å². The number of benzene rings is 1. The molecule has 1 amide bonds. The van der Waals surface area contributed by atoms with Crippen LogP contribution in [0.1, 0.15) is 43.1 Å². The molecule has 1 aliphatic rings. The number of anilines is 1. The summed E-state index contributed by atoms with van der Waals surface area (Å²) < 4.78 is 1.94. The molecule has 2 unspecified atom stereocenters. The number of amides is 1. The van der Waals surface area contributed by atoms with Gasteiger partial charge >= 0.3 is 0 Å². The van der Waals surface area contributed by atoms with E-state index in [-0.39, 0.29) is 29.6 Å². The predicted molar refractivity (Wildman–Crippen MR) is 141 cm³/mol. The molecule has 9 heteroatoms. The molecular formula is C25H26N4O3S2. The fourth-order valence-corrected chi connectivity index (χ4v) is 5.18. The number of fused-ring (bicyclic) bond motifs is 1. The molecule has 2 atom stereocenters. The second-order valence-corrected chi connectivity index (χ2v) is 9.86. The van der Waals surface area contributed by atoms with E-state index in [1.54, 1.807) is 23.2 Å². The number of carbonyl (C=O) groups excluding carboxylic acids is 1. The highest BCUT2D eigenvalue weighted by molar-refractivity contribution is 8.26. The number of aromatic nitrogens is 2. The normalized spacial score (nSPS) is 16.9. The lowest BCUT2D eigenvalue weighted by molar-refractivity contribution is -0.123. The van der Waals surface area contributed by atoms with E-state index in [0.717, 1.165) is 17.5 Å². The number of thioether (sulfide) groups is 1. The van der Waals surface area contributed by atoms with Crippen molar-refractivity contribution in [1.82, 2.24) is 14.3 Å². The maximum Gasteiger partial charge on any atom is 0.267 e. The molecule has 2 N–H and O–H groups in total. The summed E-state index contributed by atoms with van der Waals surface area (Å²) in [5.74, 6) is 0.0939. The van der Waals surface area contributed by atoms with Crippen molar-refractivity contribution in [3.63, 3.8) is 0 Å². The van der Waals surface area contributed by atoms with Gasteiger partial charge in [-0.3, -0.25) is 18.9 Å². The highest BCUT2D eigenvalue weighted by atomic mass is 32.2. The quantitative estimate of drug-likeness (QED) is 0.377. The predicted octanol–water partition coefficient (Wildman–Crippen LogP) is 4.15. The SMILES string of the molecule is CCC(C)N1C(=O)/C(=C/c2c(NCC(O)c3ccccc3)nc3c(C)cccn3c2=O)SC1=S. The van der Waals surface area contributed by atoms with Gasteiger partial charge in [-0.2, -0.15) is 0 Å². The van der Waals surface area contributed by atoms with Crippen molar-refractivity contribution in [2.75, 3.05) is 11.9 Å². The van der Waals surface area contributed by atoms with Gasteiger partial charge in [-0.15, -0.1) is 0 Å². The van der Waals surface area contributed by atoms with Gasteiger partial charge in [-0.1, -0.05) is 67.3 Å². The van der Waals surface area contributed by atoms with Gasteiger partial charge in [0.15, 0.2) is 0 Å². The van der Waals surface area contributed by atoms with E-state index in [1.165, 1.54) is 16.2 Å². The first-order valence-corrected chi connectivity index (χ1v) is 12.3. The summed E-state index contributed by atoms with van der Waals surface area (Å²) in [7, 11) is 0. The first kappa shape index (κ1) is 24.1. The molecule has 3 aromatic rings. The zero-order valence-corrected chi connectivity index (χ0v) is 20.8. The molecule has 0 saturated carbocycles. The molecule has 7 nitrogen and oxygen atoms in total. The van der Waals surface area contributed by atoms with Crippen molar-refractivity contribution in [2.45, 2.75) is 39.3 Å². The zero-order chi connectivity index (χ0) is 24.4. The molecule has 4 rings (SSSR count). The molecule has 0 aliphatic carbocycles. The van der Waals surface area contributed by atoms with Crippen LogP contribution in [0.2, 0.25) is 0 Å². The van der Waals surface area contributed by atoms with Crippen LogP contribution >= 0.6 is 24.0 Å². The van der Waals surface area contributed by atoms with E-state index in [4.69, 9.17) is 12.2 Å². The van der Waals surface area contributed by atoms with Crippen LogP contribution in [0.3, 0.4) is 0 Å². The Morgan fingerprint density at radius 2 is 1.94 bits per heavy atom. The molecule has 34 heavy (non-hydrogen) atoms. The number of nitrogens with one attached hydrogen (secondary N) is 1. The van der Waals surface area contributed by atoms with Gasteiger partial charge < -0.3 is 10.4 Å². The van der Waals surface area contributed by atoms with Crippen molar-refractivity contribution >= 4 is 51.7 Å². The Bertz CT molecular complexity index is 1340. The van der Waals surface area contributed by atoms with E-state index >= 15 is 0 Å². The van der Waals surface area contributed by atoms with Crippen molar-refractivity contribution in [1.29, 1.82) is 0 Å². The van der Waals surface area contributed by atoms with Crippen LogP contribution in [-0.2, 0) is 4.79 Å². The second-order valence-electron chi connectivity index (χ2n) is 8.18. The van der Waals surface area contributed by atoms with Crippen LogP contribution in [0.4, 0.5) is 5.82 Å². The number of aryl methyl sites for hydroxylation is 1. The molecule has 0 radical (unpaired) electrons. The Morgan fingerprint density at radius 1 is 1.21 bits per heavy atom. The summed E-state index contributed by atoms with van der Waals surface area (Å²) in [6.07, 6.45) is 3.18. The maximum atomic E-state index is 13.5. The Morgan fingerprint density at radius 3 is 2.65 bits per heavy atom. The average Bonchev–Trinajstić information content (AvgIpc) is 3.12. The highest BCUT2D eigenvalue weighted by Gasteiger charge is 2.35. The van der Waals surface area contributed by atoms with Crippen LogP contribution < -0.4 is 10.9 Å². The average molecular weight is 495 g/mol. The van der Waals surface area contributed by atoms with Gasteiger partial charge in [-0.25, -0.2) is 4.98 Å². The van der Waals surface area contributed by atoms with Gasteiger partial charge in [-0.05, 0) is 43.5 Å². The number of rotatable bonds is 7. The summed E-state index contributed by atoms with van der Waals surface area (Å²) in [5, 5.41) is 13.8. The van der Waals surface area contributed by atoms with Crippen molar-refractivity contribution in [3.05, 3.63) is 80.6 Å². The number of thiocarbonyl (C=S) groups is 1. The van der Waals surface area contributed by atoms with E-state index < -0.39 is 6.10 Å². The first-order chi connectivity index (χ1) is 16.3. The van der Waals surface area contributed by atoms with Crippen LogP contribution in [0.25, 0.3) is 11.7 Å². The fourth-order valence-electron chi connectivity index (χ4n) is 3.74. The topological polar surface area (TPSA) is 86.9 Å². The molecular weight excluding hydrogens is 468 g/mol. The summed E-state index contributed by atoms with van der Waals surface area (Å²) in [6, 6.07) is 12.9. The minimum atomic E-state index is -0.796. The number of hydrogen-bond acceptors (Lipinski definition) is 7. The Labute approximate surface area is 207 Å². The minimum absolute atomic E-state index is 0.0320.